The summed E-state index contributed by atoms with van der Waals surface area (Å²) < 4.78 is 0. The first kappa shape index (κ1) is 8.94. The quantitative estimate of drug-likeness (QED) is 0.395. The highest BCUT2D eigenvalue weighted by Gasteiger charge is 2.01. The molecule has 0 aliphatic carbocycles. The third-order valence-electron chi connectivity index (χ3n) is 1.19. The van der Waals surface area contributed by atoms with Gasteiger partial charge in [-0.15, -0.1) is 0 Å². The number of carbonyl (C=O) groups excluding carboxylic acids is 1. The predicted molar refractivity (Wildman–Crippen MR) is 40.2 cm³/mol. The average molecular weight is 143 g/mol. The van der Waals surface area contributed by atoms with Crippen molar-refractivity contribution in [2.75, 3.05) is 0 Å². The van der Waals surface area contributed by atoms with Crippen LogP contribution >= 0.6 is 0 Å². The SMILES string of the molecule is CCC(C)NC(=O)NC=N. The minimum absolute atomic E-state index is 0.167. The lowest BCUT2D eigenvalue weighted by Gasteiger charge is -2.09. The number of urea groups is 1. The van der Waals surface area contributed by atoms with Gasteiger partial charge in [0.15, 0.2) is 0 Å². The topological polar surface area (TPSA) is 65.0 Å². The summed E-state index contributed by atoms with van der Waals surface area (Å²) in [7, 11) is 0. The van der Waals surface area contributed by atoms with E-state index in [1.54, 1.807) is 0 Å². The minimum atomic E-state index is -0.315. The zero-order chi connectivity index (χ0) is 7.98. The summed E-state index contributed by atoms with van der Waals surface area (Å²) in [5, 5.41) is 11.4. The van der Waals surface area contributed by atoms with Crippen LogP contribution in [-0.4, -0.2) is 18.4 Å². The van der Waals surface area contributed by atoms with Crippen LogP contribution in [0.25, 0.3) is 0 Å². The van der Waals surface area contributed by atoms with E-state index < -0.39 is 0 Å². The Balaban J connectivity index is 3.46. The van der Waals surface area contributed by atoms with Crippen LogP contribution in [0.1, 0.15) is 20.3 Å². The van der Waals surface area contributed by atoms with Gasteiger partial charge in [0.05, 0.1) is 6.34 Å². The van der Waals surface area contributed by atoms with E-state index >= 15 is 0 Å². The smallest absolute Gasteiger partial charge is 0.320 e. The van der Waals surface area contributed by atoms with Crippen LogP contribution < -0.4 is 10.6 Å². The summed E-state index contributed by atoms with van der Waals surface area (Å²) in [6, 6.07) is -0.149. The molecule has 58 valence electrons. The van der Waals surface area contributed by atoms with Gasteiger partial charge in [-0.05, 0) is 13.3 Å². The molecule has 2 amide bonds. The molecule has 0 aliphatic rings. The molecule has 4 heteroatoms. The number of amides is 2. The van der Waals surface area contributed by atoms with Crippen molar-refractivity contribution in [2.24, 2.45) is 0 Å². The Bertz CT molecular complexity index is 124. The van der Waals surface area contributed by atoms with Crippen LogP contribution in [0.4, 0.5) is 4.79 Å². The van der Waals surface area contributed by atoms with Gasteiger partial charge < -0.3 is 5.32 Å². The molecule has 0 heterocycles. The number of carbonyl (C=O) groups is 1. The molecule has 3 N–H and O–H groups in total. The normalized spacial score (nSPS) is 11.8. The third kappa shape index (κ3) is 3.88. The van der Waals surface area contributed by atoms with Crippen molar-refractivity contribution in [2.45, 2.75) is 26.3 Å². The molecule has 0 spiro atoms. The first-order valence-corrected chi connectivity index (χ1v) is 3.26. The summed E-state index contributed by atoms with van der Waals surface area (Å²) in [6.07, 6.45) is 1.75. The molecule has 0 radical (unpaired) electrons. The number of nitrogens with one attached hydrogen (secondary N) is 3. The molecule has 0 saturated heterocycles. The van der Waals surface area contributed by atoms with Crippen molar-refractivity contribution in [1.29, 1.82) is 5.41 Å². The lowest BCUT2D eigenvalue weighted by atomic mass is 10.3. The average Bonchev–Trinajstić information content (AvgIpc) is 1.88. The van der Waals surface area contributed by atoms with Crippen molar-refractivity contribution in [1.82, 2.24) is 10.6 Å². The molecular formula is C6H13N3O. The molecular weight excluding hydrogens is 130 g/mol. The molecule has 4 nitrogen and oxygen atoms in total. The highest BCUT2D eigenvalue weighted by molar-refractivity contribution is 5.85. The Hall–Kier alpha value is -1.06. The van der Waals surface area contributed by atoms with Gasteiger partial charge in [-0.1, -0.05) is 6.92 Å². The molecule has 1 atom stereocenters. The van der Waals surface area contributed by atoms with E-state index in [1.807, 2.05) is 13.8 Å². The van der Waals surface area contributed by atoms with Gasteiger partial charge in [-0.25, -0.2) is 4.79 Å². The van der Waals surface area contributed by atoms with Crippen molar-refractivity contribution in [3.63, 3.8) is 0 Å². The van der Waals surface area contributed by atoms with E-state index in [0.717, 1.165) is 12.8 Å². The lowest BCUT2D eigenvalue weighted by Crippen LogP contribution is -2.39. The number of rotatable bonds is 3. The van der Waals surface area contributed by atoms with Gasteiger partial charge in [0.1, 0.15) is 0 Å². The zero-order valence-electron chi connectivity index (χ0n) is 6.27. The fraction of sp³-hybridized carbons (Fsp3) is 0.667. The number of hydrogen-bond acceptors (Lipinski definition) is 2. The Kier molecular flexibility index (Phi) is 4.28. The Morgan fingerprint density at radius 3 is 2.80 bits per heavy atom. The molecule has 0 bridgehead atoms. The van der Waals surface area contributed by atoms with Crippen molar-refractivity contribution in [3.05, 3.63) is 0 Å². The molecule has 0 saturated carbocycles. The van der Waals surface area contributed by atoms with Crippen LogP contribution in [0, 0.1) is 5.41 Å². The summed E-state index contributed by atoms with van der Waals surface area (Å²) in [5.74, 6) is 0. The van der Waals surface area contributed by atoms with Gasteiger partial charge in [0.2, 0.25) is 0 Å². The van der Waals surface area contributed by atoms with Crippen LogP contribution in [0.2, 0.25) is 0 Å². The molecule has 1 unspecified atom stereocenters. The second-order valence-corrected chi connectivity index (χ2v) is 2.07. The zero-order valence-corrected chi connectivity index (χ0v) is 6.27. The van der Waals surface area contributed by atoms with Crippen molar-refractivity contribution in [3.8, 4) is 0 Å². The lowest BCUT2D eigenvalue weighted by molar-refractivity contribution is 0.242. The second kappa shape index (κ2) is 4.78. The van der Waals surface area contributed by atoms with Crippen LogP contribution in [0.15, 0.2) is 0 Å². The van der Waals surface area contributed by atoms with E-state index in [9.17, 15) is 4.79 Å². The minimum Gasteiger partial charge on any atom is -0.335 e. The van der Waals surface area contributed by atoms with Crippen LogP contribution in [0.5, 0.6) is 0 Å². The summed E-state index contributed by atoms with van der Waals surface area (Å²) in [6.45, 7) is 3.89. The van der Waals surface area contributed by atoms with E-state index in [0.29, 0.717) is 0 Å². The molecule has 0 aromatic carbocycles. The van der Waals surface area contributed by atoms with Crippen molar-refractivity contribution >= 4 is 12.4 Å². The maximum atomic E-state index is 10.6. The fourth-order valence-electron chi connectivity index (χ4n) is 0.433. The van der Waals surface area contributed by atoms with E-state index in [2.05, 4.69) is 10.6 Å². The van der Waals surface area contributed by atoms with E-state index in [1.165, 1.54) is 0 Å². The Labute approximate surface area is 60.5 Å². The number of hydrogen-bond donors (Lipinski definition) is 3. The van der Waals surface area contributed by atoms with Gasteiger partial charge in [-0.2, -0.15) is 0 Å². The summed E-state index contributed by atoms with van der Waals surface area (Å²) in [5.41, 5.74) is 0. The third-order valence-corrected chi connectivity index (χ3v) is 1.19. The fourth-order valence-corrected chi connectivity index (χ4v) is 0.433. The molecule has 10 heavy (non-hydrogen) atoms. The van der Waals surface area contributed by atoms with Crippen LogP contribution in [-0.2, 0) is 0 Å². The monoisotopic (exact) mass is 143 g/mol. The summed E-state index contributed by atoms with van der Waals surface area (Å²) in [4.78, 5) is 10.6. The Morgan fingerprint density at radius 1 is 1.80 bits per heavy atom. The molecule has 0 aromatic rings. The summed E-state index contributed by atoms with van der Waals surface area (Å²) >= 11 is 0. The van der Waals surface area contributed by atoms with Crippen molar-refractivity contribution < 1.29 is 4.79 Å². The van der Waals surface area contributed by atoms with Gasteiger partial charge in [0, 0.05) is 6.04 Å². The molecule has 0 aliphatic heterocycles. The second-order valence-electron chi connectivity index (χ2n) is 2.07. The first-order valence-electron chi connectivity index (χ1n) is 3.26. The van der Waals surface area contributed by atoms with Crippen LogP contribution in [0.3, 0.4) is 0 Å². The Morgan fingerprint density at radius 2 is 2.40 bits per heavy atom. The highest BCUT2D eigenvalue weighted by Crippen LogP contribution is 1.85. The molecule has 0 aromatic heterocycles. The first-order chi connectivity index (χ1) is 4.70. The van der Waals surface area contributed by atoms with Gasteiger partial charge in [0.25, 0.3) is 0 Å². The molecule has 0 fully saturated rings. The largest absolute Gasteiger partial charge is 0.335 e. The van der Waals surface area contributed by atoms with E-state index in [4.69, 9.17) is 5.41 Å². The predicted octanol–water partition coefficient (Wildman–Crippen LogP) is 0.691. The van der Waals surface area contributed by atoms with Gasteiger partial charge >= 0.3 is 6.03 Å². The van der Waals surface area contributed by atoms with Gasteiger partial charge in [-0.3, -0.25) is 10.7 Å². The maximum Gasteiger partial charge on any atom is 0.320 e. The van der Waals surface area contributed by atoms with E-state index in [-0.39, 0.29) is 12.1 Å². The molecule has 0 rings (SSSR count). The highest BCUT2D eigenvalue weighted by atomic mass is 16.2. The standard InChI is InChI=1S/C6H13N3O/c1-3-5(2)9-6(10)8-4-7/h4-5H,3H2,1-2H3,(H3,7,8,9,10). The maximum absolute atomic E-state index is 10.6.